The average Bonchev–Trinajstić information content (AvgIpc) is 3.08. The van der Waals surface area contributed by atoms with E-state index < -0.39 is 24.2 Å². The molecule has 0 bridgehead atoms. The number of esters is 1. The fourth-order valence-electron chi connectivity index (χ4n) is 5.44. The summed E-state index contributed by atoms with van der Waals surface area (Å²) < 4.78 is 50.6. The molecule has 0 saturated heterocycles. The van der Waals surface area contributed by atoms with Gasteiger partial charge >= 0.3 is 18.1 Å². The van der Waals surface area contributed by atoms with E-state index in [1.807, 2.05) is 0 Å². The molecule has 0 spiro atoms. The second-order valence-electron chi connectivity index (χ2n) is 12.2. The maximum Gasteiger partial charge on any atom is 0.425 e. The topological polar surface area (TPSA) is 98.6 Å². The summed E-state index contributed by atoms with van der Waals surface area (Å²) in [6.07, 6.45) is 12.0. The van der Waals surface area contributed by atoms with Crippen molar-refractivity contribution in [2.24, 2.45) is 0 Å². The van der Waals surface area contributed by atoms with Gasteiger partial charge in [0.2, 0.25) is 0 Å². The van der Waals surface area contributed by atoms with Crippen molar-refractivity contribution in [2.75, 3.05) is 6.61 Å². The summed E-state index contributed by atoms with van der Waals surface area (Å²) in [5.41, 5.74) is 1.29. The van der Waals surface area contributed by atoms with E-state index in [4.69, 9.17) is 9.47 Å². The quantitative estimate of drug-likeness (QED) is 0.0839. The van der Waals surface area contributed by atoms with Crippen LogP contribution in [0.4, 0.5) is 13.2 Å². The first-order valence-electron chi connectivity index (χ1n) is 17.3. The van der Waals surface area contributed by atoms with E-state index in [1.54, 1.807) is 31.5 Å². The largest absolute Gasteiger partial charge is 0.490 e. The number of hydrogen-bond donors (Lipinski definition) is 1. The van der Waals surface area contributed by atoms with Crippen LogP contribution < -0.4 is 4.74 Å². The number of aromatic nitrogens is 2. The van der Waals surface area contributed by atoms with Crippen LogP contribution in [0.3, 0.4) is 0 Å². The zero-order valence-electron chi connectivity index (χ0n) is 28.2. The Morgan fingerprint density at radius 1 is 0.750 bits per heavy atom. The first kappa shape index (κ1) is 38.5. The Morgan fingerprint density at radius 3 is 1.83 bits per heavy atom. The molecule has 48 heavy (non-hydrogen) atoms. The summed E-state index contributed by atoms with van der Waals surface area (Å²) >= 11 is 0. The van der Waals surface area contributed by atoms with Crippen molar-refractivity contribution in [1.82, 2.24) is 9.97 Å². The molecule has 0 aliphatic carbocycles. The molecule has 10 heteroatoms. The molecule has 1 aromatic heterocycles. The van der Waals surface area contributed by atoms with E-state index >= 15 is 0 Å². The molecule has 0 radical (unpaired) electrons. The Kier molecular flexibility index (Phi) is 16.4. The molecule has 3 aromatic rings. The van der Waals surface area contributed by atoms with Gasteiger partial charge in [-0.25, -0.2) is 19.6 Å². The second kappa shape index (κ2) is 20.4. The third kappa shape index (κ3) is 12.9. The summed E-state index contributed by atoms with van der Waals surface area (Å²) in [6.45, 7) is 4.58. The van der Waals surface area contributed by atoms with Crippen LogP contribution in [0.5, 0.6) is 5.75 Å². The molecule has 2 aromatic carbocycles. The summed E-state index contributed by atoms with van der Waals surface area (Å²) in [4.78, 5) is 33.3. The highest BCUT2D eigenvalue weighted by atomic mass is 19.4. The molecular weight excluding hydrogens is 621 g/mol. The minimum atomic E-state index is -4.67. The third-order valence-corrected chi connectivity index (χ3v) is 8.27. The Morgan fingerprint density at radius 2 is 1.29 bits per heavy atom. The zero-order valence-corrected chi connectivity index (χ0v) is 28.2. The van der Waals surface area contributed by atoms with Crippen molar-refractivity contribution in [2.45, 2.75) is 122 Å². The van der Waals surface area contributed by atoms with Crippen molar-refractivity contribution in [3.8, 4) is 28.3 Å². The van der Waals surface area contributed by atoms with Gasteiger partial charge in [0.25, 0.3) is 0 Å². The number of carboxylic acid groups (broad SMARTS) is 1. The van der Waals surface area contributed by atoms with Crippen LogP contribution in [-0.4, -0.2) is 45.9 Å². The Labute approximate surface area is 282 Å². The van der Waals surface area contributed by atoms with Crippen molar-refractivity contribution >= 4 is 11.9 Å². The number of alkyl halides is 3. The van der Waals surface area contributed by atoms with E-state index in [1.165, 1.54) is 94.5 Å². The summed E-state index contributed by atoms with van der Waals surface area (Å²) in [6, 6.07) is 10.3. The Balaban J connectivity index is 1.54. The van der Waals surface area contributed by atoms with E-state index in [-0.39, 0.29) is 24.0 Å². The molecule has 1 N–H and O–H groups in total. The van der Waals surface area contributed by atoms with Crippen LogP contribution in [0, 0.1) is 0 Å². The first-order chi connectivity index (χ1) is 23.1. The molecule has 0 saturated carbocycles. The molecule has 0 amide bonds. The smallest absolute Gasteiger partial charge is 0.425 e. The number of benzene rings is 2. The van der Waals surface area contributed by atoms with Gasteiger partial charge in [-0.2, -0.15) is 13.2 Å². The van der Waals surface area contributed by atoms with Crippen molar-refractivity contribution in [3.63, 3.8) is 0 Å². The van der Waals surface area contributed by atoms with E-state index in [2.05, 4.69) is 16.9 Å². The van der Waals surface area contributed by atoms with Gasteiger partial charge in [-0.1, -0.05) is 109 Å². The molecule has 0 aliphatic heterocycles. The van der Waals surface area contributed by atoms with Crippen molar-refractivity contribution < 1.29 is 37.3 Å². The van der Waals surface area contributed by atoms with Gasteiger partial charge in [0.15, 0.2) is 17.7 Å². The predicted molar refractivity (Wildman–Crippen MR) is 181 cm³/mol. The molecular formula is C38H49F3N2O5. The van der Waals surface area contributed by atoms with Gasteiger partial charge in [0.05, 0.1) is 30.1 Å². The fraction of sp³-hybridized carbons (Fsp3) is 0.526. The summed E-state index contributed by atoms with van der Waals surface area (Å²) in [5.74, 6) is -1.33. The van der Waals surface area contributed by atoms with Crippen LogP contribution in [0.2, 0.25) is 0 Å². The van der Waals surface area contributed by atoms with Crippen LogP contribution in [0.15, 0.2) is 54.9 Å². The number of halogens is 3. The minimum Gasteiger partial charge on any atom is -0.490 e. The SMILES string of the molecule is CCCCCCCCCCCCCCOc1cnc(-c2ccc(C(=O)O)c(-c3ccc(C(=O)OC(CCCC)C(F)(F)F)cc3)c2)nc1. The number of rotatable bonds is 22. The van der Waals surface area contributed by atoms with Crippen molar-refractivity contribution in [3.05, 3.63) is 66.0 Å². The van der Waals surface area contributed by atoms with Gasteiger partial charge in [0.1, 0.15) is 0 Å². The second-order valence-corrected chi connectivity index (χ2v) is 12.2. The number of carbonyl (C=O) groups is 2. The number of aromatic carboxylic acids is 1. The number of carbonyl (C=O) groups excluding carboxylic acids is 1. The van der Waals surface area contributed by atoms with Gasteiger partial charge in [-0.3, -0.25) is 0 Å². The standard InChI is InChI=1S/C38H49F3N2O5/c1-3-5-7-8-9-10-11-12-13-14-15-16-24-47-31-26-42-35(43-27-31)30-22-23-32(36(44)45)33(25-30)28-18-20-29(21-19-28)37(46)48-34(17-6-4-2)38(39,40)41/h18-23,25-27,34H,3-17,24H2,1-2H3,(H,44,45). The summed E-state index contributed by atoms with van der Waals surface area (Å²) in [5, 5.41) is 9.80. The van der Waals surface area contributed by atoms with E-state index in [0.717, 1.165) is 12.8 Å². The van der Waals surface area contributed by atoms with E-state index in [9.17, 15) is 27.9 Å². The zero-order chi connectivity index (χ0) is 34.8. The third-order valence-electron chi connectivity index (χ3n) is 8.27. The molecule has 7 nitrogen and oxygen atoms in total. The maximum atomic E-state index is 13.3. The fourth-order valence-corrected chi connectivity index (χ4v) is 5.44. The molecule has 0 aliphatic rings. The molecule has 1 unspecified atom stereocenters. The molecule has 0 fully saturated rings. The predicted octanol–water partition coefficient (Wildman–Crippen LogP) is 10.9. The Hall–Kier alpha value is -3.95. The molecule has 3 rings (SSSR count). The molecule has 1 heterocycles. The lowest BCUT2D eigenvalue weighted by atomic mass is 9.96. The van der Waals surface area contributed by atoms with E-state index in [0.29, 0.717) is 41.3 Å². The van der Waals surface area contributed by atoms with Crippen LogP contribution in [0.1, 0.15) is 131 Å². The molecule has 262 valence electrons. The first-order valence-corrected chi connectivity index (χ1v) is 17.3. The van der Waals surface area contributed by atoms with Gasteiger partial charge in [-0.05, 0) is 54.7 Å². The lowest BCUT2D eigenvalue weighted by molar-refractivity contribution is -0.206. The summed E-state index contributed by atoms with van der Waals surface area (Å²) in [7, 11) is 0. The van der Waals surface area contributed by atoms with Gasteiger partial charge in [0, 0.05) is 5.56 Å². The van der Waals surface area contributed by atoms with Crippen molar-refractivity contribution in [1.29, 1.82) is 0 Å². The molecule has 1 atom stereocenters. The Bertz CT molecular complexity index is 1390. The normalized spacial score (nSPS) is 12.1. The highest BCUT2D eigenvalue weighted by Gasteiger charge is 2.42. The highest BCUT2D eigenvalue weighted by molar-refractivity contribution is 5.97. The lowest BCUT2D eigenvalue weighted by Crippen LogP contribution is -2.33. The van der Waals surface area contributed by atoms with Crippen LogP contribution in [0.25, 0.3) is 22.5 Å². The van der Waals surface area contributed by atoms with Gasteiger partial charge in [-0.15, -0.1) is 0 Å². The van der Waals surface area contributed by atoms with Crippen LogP contribution in [-0.2, 0) is 4.74 Å². The lowest BCUT2D eigenvalue weighted by Gasteiger charge is -2.20. The number of unbranched alkanes of at least 4 members (excludes halogenated alkanes) is 12. The monoisotopic (exact) mass is 670 g/mol. The number of ether oxygens (including phenoxy) is 2. The minimum absolute atomic E-state index is 0.00754. The van der Waals surface area contributed by atoms with Gasteiger partial charge < -0.3 is 14.6 Å². The maximum absolute atomic E-state index is 13.3. The number of hydrogen-bond acceptors (Lipinski definition) is 6. The average molecular weight is 671 g/mol. The van der Waals surface area contributed by atoms with Crippen LogP contribution >= 0.6 is 0 Å². The number of nitrogens with zero attached hydrogens (tertiary/aromatic N) is 2. The number of carboxylic acids is 1. The highest BCUT2D eigenvalue weighted by Crippen LogP contribution is 2.31.